The number of alkyl halides is 3. The van der Waals surface area contributed by atoms with Crippen molar-refractivity contribution in [1.29, 1.82) is 0 Å². The first-order valence-electron chi connectivity index (χ1n) is 11.3. The van der Waals surface area contributed by atoms with E-state index in [0.717, 1.165) is 23.5 Å². The summed E-state index contributed by atoms with van der Waals surface area (Å²) in [4.78, 5) is 20.2. The van der Waals surface area contributed by atoms with Crippen LogP contribution in [-0.4, -0.2) is 60.3 Å². The molecule has 0 atom stereocenters. The van der Waals surface area contributed by atoms with Gasteiger partial charge in [-0.3, -0.25) is 0 Å². The number of anilines is 3. The number of hydrogen-bond donors (Lipinski definition) is 0. The molecular formula is C23H23F3N6O3S. The van der Waals surface area contributed by atoms with E-state index in [1.807, 2.05) is 4.90 Å². The highest BCUT2D eigenvalue weighted by Gasteiger charge is 2.34. The molecule has 1 fully saturated rings. The molecule has 2 aromatic heterocycles. The average Bonchev–Trinajstić information content (AvgIpc) is 3.27. The molecule has 2 aliphatic rings. The van der Waals surface area contributed by atoms with Crippen molar-refractivity contribution >= 4 is 27.3 Å². The first kappa shape index (κ1) is 24.2. The van der Waals surface area contributed by atoms with Gasteiger partial charge in [-0.2, -0.15) is 13.2 Å². The van der Waals surface area contributed by atoms with Crippen molar-refractivity contribution in [1.82, 2.24) is 19.9 Å². The van der Waals surface area contributed by atoms with Gasteiger partial charge in [0.05, 0.1) is 4.90 Å². The number of nitrogens with zero attached hydrogens (tertiary/aromatic N) is 6. The summed E-state index contributed by atoms with van der Waals surface area (Å²) in [6, 6.07) is 7.67. The van der Waals surface area contributed by atoms with Crippen molar-refractivity contribution in [3.63, 3.8) is 0 Å². The quantitative estimate of drug-likeness (QED) is 0.501. The number of ether oxygens (including phenoxy) is 1. The molecule has 1 aromatic carbocycles. The van der Waals surface area contributed by atoms with Crippen molar-refractivity contribution in [2.45, 2.75) is 36.4 Å². The minimum Gasteiger partial charge on any atom is -0.474 e. The first-order chi connectivity index (χ1) is 17.1. The lowest BCUT2D eigenvalue weighted by molar-refractivity contribution is -0.141. The lowest BCUT2D eigenvalue weighted by atomic mass is 10.1. The summed E-state index contributed by atoms with van der Waals surface area (Å²) >= 11 is 0. The Balaban J connectivity index is 1.24. The maximum Gasteiger partial charge on any atom is 0.433 e. The summed E-state index contributed by atoms with van der Waals surface area (Å²) in [6.45, 7) is 1.55. The van der Waals surface area contributed by atoms with Crippen molar-refractivity contribution in [3.05, 3.63) is 54.1 Å². The molecule has 0 spiro atoms. The van der Waals surface area contributed by atoms with Crippen LogP contribution in [0.2, 0.25) is 0 Å². The number of piperidine rings is 1. The molecule has 0 bridgehead atoms. The minimum absolute atomic E-state index is 0.0549. The number of sulfone groups is 1. The lowest BCUT2D eigenvalue weighted by Gasteiger charge is -2.32. The van der Waals surface area contributed by atoms with Crippen LogP contribution in [0.4, 0.5) is 30.6 Å². The molecule has 0 saturated carbocycles. The molecule has 0 unspecified atom stereocenters. The zero-order valence-corrected chi connectivity index (χ0v) is 20.1. The van der Waals surface area contributed by atoms with E-state index in [9.17, 15) is 21.6 Å². The van der Waals surface area contributed by atoms with E-state index in [2.05, 4.69) is 19.9 Å². The van der Waals surface area contributed by atoms with Crippen molar-refractivity contribution < 1.29 is 26.3 Å². The maximum atomic E-state index is 13.0. The third kappa shape index (κ3) is 5.06. The summed E-state index contributed by atoms with van der Waals surface area (Å²) in [5.41, 5.74) is 0.861. The Kier molecular flexibility index (Phi) is 6.18. The van der Waals surface area contributed by atoms with Crippen molar-refractivity contribution in [3.8, 4) is 5.88 Å². The van der Waals surface area contributed by atoms with Gasteiger partial charge < -0.3 is 14.5 Å². The Morgan fingerprint density at radius 2 is 1.81 bits per heavy atom. The largest absolute Gasteiger partial charge is 0.474 e. The second kappa shape index (κ2) is 9.19. The third-order valence-corrected chi connectivity index (χ3v) is 7.33. The van der Waals surface area contributed by atoms with Crippen LogP contribution in [0, 0.1) is 0 Å². The number of hydrogen-bond acceptors (Lipinski definition) is 9. The van der Waals surface area contributed by atoms with Gasteiger partial charge in [0.1, 0.15) is 23.9 Å². The molecule has 190 valence electrons. The third-order valence-electron chi connectivity index (χ3n) is 6.22. The summed E-state index contributed by atoms with van der Waals surface area (Å²) < 4.78 is 68.7. The fourth-order valence-corrected chi connectivity index (χ4v) is 5.06. The molecule has 9 nitrogen and oxygen atoms in total. The molecule has 3 aromatic rings. The molecule has 4 heterocycles. The highest BCUT2D eigenvalue weighted by atomic mass is 32.2. The van der Waals surface area contributed by atoms with E-state index in [4.69, 9.17) is 4.74 Å². The Bertz CT molecular complexity index is 1380. The van der Waals surface area contributed by atoms with E-state index in [0.29, 0.717) is 50.6 Å². The van der Waals surface area contributed by atoms with Crippen LogP contribution >= 0.6 is 0 Å². The van der Waals surface area contributed by atoms with Gasteiger partial charge in [0.15, 0.2) is 9.84 Å². The second-order valence-corrected chi connectivity index (χ2v) is 10.7. The summed E-state index contributed by atoms with van der Waals surface area (Å²) in [7, 11) is -3.29. The highest BCUT2D eigenvalue weighted by Crippen LogP contribution is 2.36. The summed E-state index contributed by atoms with van der Waals surface area (Å²) in [5, 5.41) is 0. The van der Waals surface area contributed by atoms with Gasteiger partial charge in [-0.1, -0.05) is 0 Å². The normalized spacial score (nSPS) is 16.8. The van der Waals surface area contributed by atoms with E-state index >= 15 is 0 Å². The predicted molar refractivity (Wildman–Crippen MR) is 125 cm³/mol. The SMILES string of the molecule is CS(=O)(=O)c1ccc2c(c1)CCN2c1cc(OC2CCN(c3nccc(C(F)(F)F)n3)CC2)ncn1. The summed E-state index contributed by atoms with van der Waals surface area (Å²) in [5.74, 6) is 1.09. The van der Waals surface area contributed by atoms with Crippen LogP contribution in [0.1, 0.15) is 24.1 Å². The van der Waals surface area contributed by atoms with Crippen molar-refractivity contribution in [2.24, 2.45) is 0 Å². The van der Waals surface area contributed by atoms with Crippen LogP contribution in [0.3, 0.4) is 0 Å². The average molecular weight is 521 g/mol. The van der Waals surface area contributed by atoms with Gasteiger partial charge in [-0.05, 0) is 36.2 Å². The Morgan fingerprint density at radius 1 is 1.03 bits per heavy atom. The van der Waals surface area contributed by atoms with Gasteiger partial charge in [0, 0.05) is 56.7 Å². The van der Waals surface area contributed by atoms with E-state index in [1.165, 1.54) is 12.6 Å². The molecular weight excluding hydrogens is 497 g/mol. The van der Waals surface area contributed by atoms with E-state index < -0.39 is 21.7 Å². The molecule has 0 radical (unpaired) electrons. The molecule has 13 heteroatoms. The van der Waals surface area contributed by atoms with Crippen molar-refractivity contribution in [2.75, 3.05) is 35.7 Å². The second-order valence-electron chi connectivity index (χ2n) is 8.72. The van der Waals surface area contributed by atoms with Crippen LogP contribution in [0.25, 0.3) is 0 Å². The van der Waals surface area contributed by atoms with E-state index in [-0.39, 0.29) is 16.9 Å². The van der Waals surface area contributed by atoms with Crippen LogP contribution in [0.5, 0.6) is 5.88 Å². The van der Waals surface area contributed by atoms with Gasteiger partial charge in [0.2, 0.25) is 11.8 Å². The Morgan fingerprint density at radius 3 is 2.53 bits per heavy atom. The monoisotopic (exact) mass is 520 g/mol. The molecule has 0 aliphatic carbocycles. The number of aromatic nitrogens is 4. The van der Waals surface area contributed by atoms with E-state index in [1.54, 1.807) is 29.2 Å². The van der Waals surface area contributed by atoms with Gasteiger partial charge in [-0.15, -0.1) is 0 Å². The molecule has 36 heavy (non-hydrogen) atoms. The van der Waals surface area contributed by atoms with Crippen LogP contribution in [0.15, 0.2) is 47.8 Å². The van der Waals surface area contributed by atoms with Crippen LogP contribution in [-0.2, 0) is 22.4 Å². The summed E-state index contributed by atoms with van der Waals surface area (Å²) in [6.07, 6.45) is 0.864. The fraction of sp³-hybridized carbons (Fsp3) is 0.391. The lowest BCUT2D eigenvalue weighted by Crippen LogP contribution is -2.39. The predicted octanol–water partition coefficient (Wildman–Crippen LogP) is 3.43. The minimum atomic E-state index is -4.52. The molecule has 2 aliphatic heterocycles. The first-order valence-corrected chi connectivity index (χ1v) is 13.2. The van der Waals surface area contributed by atoms with Gasteiger partial charge in [0.25, 0.3) is 0 Å². The standard InChI is InChI=1S/C23H23F3N6O3S/c1-36(33,34)17-2-3-18-15(12-17)5-11-32(18)20-13-21(29-14-28-20)35-16-6-9-31(10-7-16)22-27-8-4-19(30-22)23(24,25)26/h2-4,8,12-14,16H,5-7,9-11H2,1H3. The Labute approximate surface area is 205 Å². The molecule has 0 N–H and O–H groups in total. The van der Waals surface area contributed by atoms with Gasteiger partial charge >= 0.3 is 6.18 Å². The number of rotatable bonds is 5. The van der Waals surface area contributed by atoms with Crippen LogP contribution < -0.4 is 14.5 Å². The molecule has 1 saturated heterocycles. The maximum absolute atomic E-state index is 13.0. The number of benzene rings is 1. The highest BCUT2D eigenvalue weighted by molar-refractivity contribution is 7.90. The zero-order chi connectivity index (χ0) is 25.5. The zero-order valence-electron chi connectivity index (χ0n) is 19.3. The number of halogens is 3. The Hall–Kier alpha value is -3.48. The van der Waals surface area contributed by atoms with Gasteiger partial charge in [-0.25, -0.2) is 28.4 Å². The molecule has 5 rings (SSSR count). The molecule has 0 amide bonds. The topological polar surface area (TPSA) is 101 Å². The number of fused-ring (bicyclic) bond motifs is 1. The smallest absolute Gasteiger partial charge is 0.433 e. The fourth-order valence-electron chi connectivity index (χ4n) is 4.39.